The molecule has 1 aromatic carbocycles. The van der Waals surface area contributed by atoms with E-state index in [4.69, 9.17) is 9.47 Å². The first kappa shape index (κ1) is 15.6. The Morgan fingerprint density at radius 2 is 2.05 bits per heavy atom. The summed E-state index contributed by atoms with van der Waals surface area (Å²) < 4.78 is 12.3. The van der Waals surface area contributed by atoms with Crippen molar-refractivity contribution in [2.24, 2.45) is 0 Å². The number of thioether (sulfide) groups is 1. The van der Waals surface area contributed by atoms with Gasteiger partial charge in [-0.2, -0.15) is 0 Å². The molecule has 2 rings (SSSR count). The zero-order chi connectivity index (χ0) is 15.1. The maximum atomic E-state index is 5.30. The van der Waals surface area contributed by atoms with Crippen molar-refractivity contribution in [1.29, 1.82) is 0 Å². The summed E-state index contributed by atoms with van der Waals surface area (Å²) in [6, 6.07) is 5.88. The molecule has 1 aromatic heterocycles. The number of nitrogens with zero attached hydrogens (tertiary/aromatic N) is 4. The fourth-order valence-electron chi connectivity index (χ4n) is 1.78. The first-order valence-corrected chi connectivity index (χ1v) is 7.51. The molecular weight excluding hydrogens is 290 g/mol. The van der Waals surface area contributed by atoms with Crippen LogP contribution >= 0.6 is 11.8 Å². The summed E-state index contributed by atoms with van der Waals surface area (Å²) in [6.07, 6.45) is 0. The molecule has 0 radical (unpaired) electrons. The number of rotatable bonds is 8. The predicted octanol–water partition coefficient (Wildman–Crippen LogP) is 1.20. The molecule has 0 amide bonds. The number of likely N-dealkylation sites (N-methyl/N-ethyl adjacent to an activating group) is 1. The number of hydrogen-bond donors (Lipinski definition) is 1. The van der Waals surface area contributed by atoms with Gasteiger partial charge in [0.2, 0.25) is 5.16 Å². The lowest BCUT2D eigenvalue weighted by atomic mass is 10.2. The number of hydrogen-bond acceptors (Lipinski definition) is 7. The lowest BCUT2D eigenvalue weighted by molar-refractivity contribution is 0.354. The van der Waals surface area contributed by atoms with E-state index in [0.717, 1.165) is 41.1 Å². The third-order valence-corrected chi connectivity index (χ3v) is 3.92. The molecule has 0 unspecified atom stereocenters. The molecule has 0 atom stereocenters. The minimum absolute atomic E-state index is 0.727. The van der Waals surface area contributed by atoms with Crippen molar-refractivity contribution in [1.82, 2.24) is 25.5 Å². The van der Waals surface area contributed by atoms with Crippen LogP contribution in [0.5, 0.6) is 11.5 Å². The van der Waals surface area contributed by atoms with Crippen LogP contribution in [0.15, 0.2) is 23.4 Å². The highest BCUT2D eigenvalue weighted by Gasteiger charge is 2.09. The minimum Gasteiger partial charge on any atom is -0.493 e. The van der Waals surface area contributed by atoms with Crippen molar-refractivity contribution >= 4 is 11.8 Å². The van der Waals surface area contributed by atoms with Crippen molar-refractivity contribution in [3.8, 4) is 11.5 Å². The molecule has 0 bridgehead atoms. The number of ether oxygens (including phenoxy) is 2. The van der Waals surface area contributed by atoms with Crippen LogP contribution in [0.4, 0.5) is 0 Å². The Morgan fingerprint density at radius 1 is 1.24 bits per heavy atom. The number of methoxy groups -OCH3 is 2. The Morgan fingerprint density at radius 3 is 2.76 bits per heavy atom. The molecule has 2 aromatic rings. The Kier molecular flexibility index (Phi) is 5.82. The van der Waals surface area contributed by atoms with E-state index in [0.29, 0.717) is 0 Å². The minimum atomic E-state index is 0.727. The number of tetrazole rings is 1. The molecule has 0 spiro atoms. The van der Waals surface area contributed by atoms with E-state index in [9.17, 15) is 0 Å². The van der Waals surface area contributed by atoms with Gasteiger partial charge in [-0.3, -0.25) is 0 Å². The predicted molar refractivity (Wildman–Crippen MR) is 80.9 cm³/mol. The lowest BCUT2D eigenvalue weighted by Crippen LogP contribution is -2.16. The third-order valence-electron chi connectivity index (χ3n) is 2.89. The van der Waals surface area contributed by atoms with Gasteiger partial charge in [-0.05, 0) is 35.2 Å². The summed E-state index contributed by atoms with van der Waals surface area (Å²) in [5.41, 5.74) is 1.13. The summed E-state index contributed by atoms with van der Waals surface area (Å²) in [6.45, 7) is 1.58. The van der Waals surface area contributed by atoms with E-state index >= 15 is 0 Å². The number of aromatic nitrogens is 4. The van der Waals surface area contributed by atoms with Gasteiger partial charge in [-0.1, -0.05) is 17.8 Å². The first-order valence-electron chi connectivity index (χ1n) is 6.53. The standard InChI is InChI=1S/C13H19N5O2S/c1-14-6-7-18-13(15-16-17-18)21-9-10-4-5-11(19-2)12(8-10)20-3/h4-5,8,14H,6-7,9H2,1-3H3. The average Bonchev–Trinajstić information content (AvgIpc) is 2.97. The highest BCUT2D eigenvalue weighted by atomic mass is 32.2. The molecule has 0 saturated heterocycles. The van der Waals surface area contributed by atoms with Crippen molar-refractivity contribution < 1.29 is 9.47 Å². The smallest absolute Gasteiger partial charge is 0.209 e. The number of benzene rings is 1. The molecule has 0 saturated carbocycles. The normalized spacial score (nSPS) is 10.6. The van der Waals surface area contributed by atoms with Crippen molar-refractivity contribution in [2.75, 3.05) is 27.8 Å². The van der Waals surface area contributed by atoms with Crippen LogP contribution < -0.4 is 14.8 Å². The van der Waals surface area contributed by atoms with E-state index in [2.05, 4.69) is 20.8 Å². The summed E-state index contributed by atoms with van der Waals surface area (Å²) in [7, 11) is 5.16. The Hall–Kier alpha value is -1.80. The fourth-order valence-corrected chi connectivity index (χ4v) is 2.62. The molecule has 114 valence electrons. The second kappa shape index (κ2) is 7.84. The van der Waals surface area contributed by atoms with Crippen LogP contribution in [0.1, 0.15) is 5.56 Å². The van der Waals surface area contributed by atoms with E-state index < -0.39 is 0 Å². The maximum Gasteiger partial charge on any atom is 0.209 e. The van der Waals surface area contributed by atoms with E-state index in [1.54, 1.807) is 30.7 Å². The fraction of sp³-hybridized carbons (Fsp3) is 0.462. The molecule has 7 nitrogen and oxygen atoms in total. The highest BCUT2D eigenvalue weighted by molar-refractivity contribution is 7.98. The van der Waals surface area contributed by atoms with Gasteiger partial charge in [0, 0.05) is 12.3 Å². The van der Waals surface area contributed by atoms with Crippen LogP contribution in [-0.4, -0.2) is 48.0 Å². The molecule has 8 heteroatoms. The van der Waals surface area contributed by atoms with Crippen LogP contribution in [-0.2, 0) is 12.3 Å². The van der Waals surface area contributed by atoms with Gasteiger partial charge >= 0.3 is 0 Å². The molecule has 0 aliphatic rings. The summed E-state index contributed by atoms with van der Waals surface area (Å²) >= 11 is 1.59. The van der Waals surface area contributed by atoms with Crippen molar-refractivity contribution in [2.45, 2.75) is 17.5 Å². The largest absolute Gasteiger partial charge is 0.493 e. The topological polar surface area (TPSA) is 74.1 Å². The van der Waals surface area contributed by atoms with E-state index in [1.807, 2.05) is 25.2 Å². The Balaban J connectivity index is 2.01. The first-order chi connectivity index (χ1) is 10.3. The van der Waals surface area contributed by atoms with Crippen molar-refractivity contribution in [3.63, 3.8) is 0 Å². The van der Waals surface area contributed by atoms with Crippen LogP contribution in [0.25, 0.3) is 0 Å². The second-order valence-corrected chi connectivity index (χ2v) is 5.21. The Labute approximate surface area is 128 Å². The molecular formula is C13H19N5O2S. The van der Waals surface area contributed by atoms with Gasteiger partial charge in [-0.25, -0.2) is 4.68 Å². The van der Waals surface area contributed by atoms with Crippen LogP contribution in [0.2, 0.25) is 0 Å². The lowest BCUT2D eigenvalue weighted by Gasteiger charge is -2.09. The van der Waals surface area contributed by atoms with E-state index in [1.165, 1.54) is 0 Å². The molecule has 0 fully saturated rings. The molecule has 1 N–H and O–H groups in total. The van der Waals surface area contributed by atoms with Crippen molar-refractivity contribution in [3.05, 3.63) is 23.8 Å². The zero-order valence-electron chi connectivity index (χ0n) is 12.4. The van der Waals surface area contributed by atoms with Gasteiger partial charge < -0.3 is 14.8 Å². The molecule has 0 aliphatic carbocycles. The zero-order valence-corrected chi connectivity index (χ0v) is 13.2. The van der Waals surface area contributed by atoms with Crippen LogP contribution in [0, 0.1) is 0 Å². The monoisotopic (exact) mass is 309 g/mol. The second-order valence-electron chi connectivity index (χ2n) is 4.27. The summed E-state index contributed by atoms with van der Waals surface area (Å²) in [5.74, 6) is 2.22. The SMILES string of the molecule is CNCCn1nnnc1SCc1ccc(OC)c(OC)c1. The molecule has 21 heavy (non-hydrogen) atoms. The maximum absolute atomic E-state index is 5.30. The Bertz CT molecular complexity index is 575. The van der Waals surface area contributed by atoms with E-state index in [-0.39, 0.29) is 0 Å². The van der Waals surface area contributed by atoms with Gasteiger partial charge in [0.15, 0.2) is 11.5 Å². The number of nitrogens with one attached hydrogen (secondary N) is 1. The van der Waals surface area contributed by atoms with Gasteiger partial charge in [0.25, 0.3) is 0 Å². The van der Waals surface area contributed by atoms with Gasteiger partial charge in [-0.15, -0.1) is 5.10 Å². The highest BCUT2D eigenvalue weighted by Crippen LogP contribution is 2.30. The van der Waals surface area contributed by atoms with Crippen LogP contribution in [0.3, 0.4) is 0 Å². The summed E-state index contributed by atoms with van der Waals surface area (Å²) in [4.78, 5) is 0. The quantitative estimate of drug-likeness (QED) is 0.734. The summed E-state index contributed by atoms with van der Waals surface area (Å²) in [5, 5.41) is 15.6. The molecule has 0 aliphatic heterocycles. The molecule has 1 heterocycles. The van der Waals surface area contributed by atoms with Gasteiger partial charge in [0.1, 0.15) is 0 Å². The third kappa shape index (κ3) is 4.08. The van der Waals surface area contributed by atoms with Gasteiger partial charge in [0.05, 0.1) is 20.8 Å². The average molecular weight is 309 g/mol.